The zero-order chi connectivity index (χ0) is 44.8. The monoisotopic (exact) mass is 867 g/mol. The normalized spacial score (nSPS) is 12.8. The molecule has 0 unspecified atom stereocenters. The first kappa shape index (κ1) is 38.4. The fourth-order valence-corrected chi connectivity index (χ4v) is 11.4. The number of benzene rings is 11. The average Bonchev–Trinajstić information content (AvgIpc) is 4.09. The number of fused-ring (bicyclic) bond motifs is 10. The third-order valence-electron chi connectivity index (χ3n) is 14.4. The second kappa shape index (κ2) is 15.1. The zero-order valence-electron chi connectivity index (χ0n) is 36.9. The lowest BCUT2D eigenvalue weighted by Crippen LogP contribution is -2.28. The number of rotatable bonds is 7. The molecular formula is C65H41NO2. The van der Waals surface area contributed by atoms with E-state index in [4.69, 9.17) is 8.83 Å². The largest absolute Gasteiger partial charge is 0.455 e. The van der Waals surface area contributed by atoms with Gasteiger partial charge >= 0.3 is 0 Å². The summed E-state index contributed by atoms with van der Waals surface area (Å²) in [5, 5.41) is 6.71. The maximum atomic E-state index is 7.23. The molecule has 0 radical (unpaired) electrons. The highest BCUT2D eigenvalue weighted by atomic mass is 16.3. The van der Waals surface area contributed by atoms with E-state index < -0.39 is 5.41 Å². The van der Waals surface area contributed by atoms with Crippen molar-refractivity contribution in [1.29, 1.82) is 0 Å². The number of para-hydroxylation sites is 4. The molecule has 0 saturated carbocycles. The first-order valence-electron chi connectivity index (χ1n) is 23.3. The Hall–Kier alpha value is -8.92. The second-order valence-electron chi connectivity index (χ2n) is 17.9. The quantitative estimate of drug-likeness (QED) is 0.160. The molecule has 0 spiro atoms. The van der Waals surface area contributed by atoms with Crippen molar-refractivity contribution >= 4 is 71.7 Å². The van der Waals surface area contributed by atoms with Crippen LogP contribution in [0.15, 0.2) is 258 Å². The molecule has 3 heteroatoms. The van der Waals surface area contributed by atoms with E-state index in [1.54, 1.807) is 0 Å². The third kappa shape index (κ3) is 5.60. The molecule has 0 fully saturated rings. The maximum absolute atomic E-state index is 7.23. The topological polar surface area (TPSA) is 29.5 Å². The van der Waals surface area contributed by atoms with Crippen molar-refractivity contribution in [3.05, 3.63) is 271 Å². The van der Waals surface area contributed by atoms with Crippen LogP contribution >= 0.6 is 0 Å². The van der Waals surface area contributed by atoms with Gasteiger partial charge in [0, 0.05) is 43.7 Å². The van der Waals surface area contributed by atoms with Crippen molar-refractivity contribution in [2.45, 2.75) is 5.41 Å². The van der Waals surface area contributed by atoms with E-state index in [0.717, 1.165) is 88.6 Å². The van der Waals surface area contributed by atoms with Crippen LogP contribution in [0, 0.1) is 0 Å². The molecule has 2 aromatic heterocycles. The predicted octanol–water partition coefficient (Wildman–Crippen LogP) is 17.8. The van der Waals surface area contributed by atoms with Gasteiger partial charge in [-0.05, 0) is 80.2 Å². The number of anilines is 3. The third-order valence-corrected chi connectivity index (χ3v) is 14.4. The first-order valence-corrected chi connectivity index (χ1v) is 23.3. The van der Waals surface area contributed by atoms with Gasteiger partial charge in [-0.1, -0.05) is 218 Å². The molecule has 1 aliphatic rings. The molecule has 318 valence electrons. The van der Waals surface area contributed by atoms with Crippen molar-refractivity contribution in [3.63, 3.8) is 0 Å². The van der Waals surface area contributed by atoms with Crippen LogP contribution in [0.2, 0.25) is 0 Å². The maximum Gasteiger partial charge on any atom is 0.159 e. The Labute approximate surface area is 393 Å². The Morgan fingerprint density at radius 3 is 1.49 bits per heavy atom. The van der Waals surface area contributed by atoms with Gasteiger partial charge in [0.05, 0.1) is 16.8 Å². The minimum absolute atomic E-state index is 0.461. The molecule has 0 aliphatic heterocycles. The van der Waals surface area contributed by atoms with Crippen LogP contribution < -0.4 is 4.90 Å². The first-order chi connectivity index (χ1) is 33.7. The van der Waals surface area contributed by atoms with E-state index in [2.05, 4.69) is 241 Å². The van der Waals surface area contributed by atoms with E-state index in [9.17, 15) is 0 Å². The molecule has 2 heterocycles. The molecular weight excluding hydrogens is 827 g/mol. The molecule has 13 aromatic rings. The number of nitrogens with zero attached hydrogens (tertiary/aromatic N) is 1. The predicted molar refractivity (Wildman–Crippen MR) is 281 cm³/mol. The highest BCUT2D eigenvalue weighted by Gasteiger charge is 2.45. The minimum Gasteiger partial charge on any atom is -0.455 e. The van der Waals surface area contributed by atoms with Crippen molar-refractivity contribution in [3.8, 4) is 33.4 Å². The van der Waals surface area contributed by atoms with E-state index in [1.165, 1.54) is 38.8 Å². The molecule has 3 nitrogen and oxygen atoms in total. The van der Waals surface area contributed by atoms with Crippen LogP contribution in [0.4, 0.5) is 17.1 Å². The molecule has 0 atom stereocenters. The molecule has 11 aromatic carbocycles. The summed E-state index contributed by atoms with van der Waals surface area (Å²) < 4.78 is 13.7. The highest BCUT2D eigenvalue weighted by molar-refractivity contribution is 6.15. The zero-order valence-corrected chi connectivity index (χ0v) is 36.9. The highest BCUT2D eigenvalue weighted by Crippen LogP contribution is 2.56. The summed E-state index contributed by atoms with van der Waals surface area (Å²) in [4.78, 5) is 2.35. The van der Waals surface area contributed by atoms with Crippen LogP contribution in [0.25, 0.3) is 88.0 Å². The van der Waals surface area contributed by atoms with Crippen molar-refractivity contribution in [1.82, 2.24) is 0 Å². The Morgan fingerprint density at radius 2 is 0.765 bits per heavy atom. The van der Waals surface area contributed by atoms with Crippen molar-refractivity contribution in [2.24, 2.45) is 0 Å². The van der Waals surface area contributed by atoms with Gasteiger partial charge < -0.3 is 13.7 Å². The summed E-state index contributed by atoms with van der Waals surface area (Å²) in [5.74, 6) is 0. The molecule has 68 heavy (non-hydrogen) atoms. The molecule has 14 rings (SSSR count). The minimum atomic E-state index is -0.461. The van der Waals surface area contributed by atoms with Gasteiger partial charge in [0.1, 0.15) is 16.7 Å². The Morgan fingerprint density at radius 1 is 0.294 bits per heavy atom. The van der Waals surface area contributed by atoms with Crippen LogP contribution in [0.1, 0.15) is 22.3 Å². The van der Waals surface area contributed by atoms with Gasteiger partial charge in [-0.25, -0.2) is 0 Å². The second-order valence-corrected chi connectivity index (χ2v) is 17.9. The lowest BCUT2D eigenvalue weighted by Gasteiger charge is -2.34. The van der Waals surface area contributed by atoms with E-state index in [0.29, 0.717) is 0 Å². The molecule has 0 bridgehead atoms. The van der Waals surface area contributed by atoms with Crippen LogP contribution in [-0.4, -0.2) is 0 Å². The van der Waals surface area contributed by atoms with Gasteiger partial charge in [-0.2, -0.15) is 0 Å². The molecule has 0 amide bonds. The van der Waals surface area contributed by atoms with Crippen LogP contribution in [0.3, 0.4) is 0 Å². The summed E-state index contributed by atoms with van der Waals surface area (Å²) in [7, 11) is 0. The van der Waals surface area contributed by atoms with E-state index in [1.807, 2.05) is 12.1 Å². The molecule has 0 N–H and O–H groups in total. The Kier molecular flexibility index (Phi) is 8.50. The summed E-state index contributed by atoms with van der Waals surface area (Å²) in [5.41, 5.74) is 18.1. The van der Waals surface area contributed by atoms with Crippen molar-refractivity contribution < 1.29 is 8.83 Å². The lowest BCUT2D eigenvalue weighted by atomic mass is 9.67. The average molecular weight is 868 g/mol. The summed E-state index contributed by atoms with van der Waals surface area (Å²) in [6.45, 7) is 0. The van der Waals surface area contributed by atoms with Gasteiger partial charge in [0.25, 0.3) is 0 Å². The lowest BCUT2D eigenvalue weighted by molar-refractivity contribution is 0.670. The smallest absolute Gasteiger partial charge is 0.159 e. The van der Waals surface area contributed by atoms with E-state index in [-0.39, 0.29) is 0 Å². The molecule has 0 saturated heterocycles. The van der Waals surface area contributed by atoms with Crippen LogP contribution in [0.5, 0.6) is 0 Å². The summed E-state index contributed by atoms with van der Waals surface area (Å²) in [6.07, 6.45) is 0. The Balaban J connectivity index is 0.916. The summed E-state index contributed by atoms with van der Waals surface area (Å²) >= 11 is 0. The van der Waals surface area contributed by atoms with Crippen molar-refractivity contribution in [2.75, 3.05) is 4.90 Å². The standard InChI is InChI=1S/C65H41NO2/c1-2-18-45(19-3-1)65(57-29-9-6-21-51(57)52-22-7-10-30-58(52)65)46-38-34-43(35-39-46)50-25-14-27-55-56-28-15-32-60(64(56)68-63(50)55)66(59-31-12-17-42-16-4-5-20-48(42)59)47-40-36-44(37-41-47)49-24-13-26-54-53-23-8-11-33-61(53)67-62(49)54/h1-41H. The number of furan rings is 2. The SMILES string of the molecule is c1ccc(C2(c3ccc(-c4cccc5c4oc4c(N(c6ccc(-c7cccc8c7oc7ccccc78)cc6)c6cccc7ccccc67)cccc45)cc3)c3ccccc3-c3ccccc32)cc1. The van der Waals surface area contributed by atoms with Gasteiger partial charge in [0.2, 0.25) is 0 Å². The van der Waals surface area contributed by atoms with Gasteiger partial charge in [-0.3, -0.25) is 0 Å². The fourth-order valence-electron chi connectivity index (χ4n) is 11.4. The van der Waals surface area contributed by atoms with Crippen LogP contribution in [-0.2, 0) is 5.41 Å². The van der Waals surface area contributed by atoms with E-state index >= 15 is 0 Å². The fraction of sp³-hybridized carbons (Fsp3) is 0.0154. The number of hydrogen-bond donors (Lipinski definition) is 0. The van der Waals surface area contributed by atoms with Gasteiger partial charge in [-0.15, -0.1) is 0 Å². The number of hydrogen-bond acceptors (Lipinski definition) is 3. The molecule has 1 aliphatic carbocycles. The van der Waals surface area contributed by atoms with Gasteiger partial charge in [0.15, 0.2) is 5.58 Å². The summed E-state index contributed by atoms with van der Waals surface area (Å²) in [6, 6.07) is 89.7. The Bertz CT molecular complexity index is 4030.